The molecule has 9 nitrogen and oxygen atoms in total. The first kappa shape index (κ1) is 15.7. The summed E-state index contributed by atoms with van der Waals surface area (Å²) in [7, 11) is 0. The highest BCUT2D eigenvalue weighted by molar-refractivity contribution is 6.10. The number of rotatable bonds is 3. The average Bonchev–Trinajstić information content (AvgIpc) is 3.14. The molecule has 25 heavy (non-hydrogen) atoms. The van der Waals surface area contributed by atoms with E-state index in [2.05, 4.69) is 10.6 Å². The van der Waals surface area contributed by atoms with Crippen LogP contribution in [0.2, 0.25) is 0 Å². The van der Waals surface area contributed by atoms with Crippen molar-refractivity contribution >= 4 is 23.5 Å². The molecule has 1 spiro atoms. The number of hydrogen-bond acceptors (Lipinski definition) is 6. The van der Waals surface area contributed by atoms with E-state index in [9.17, 15) is 14.4 Å². The maximum absolute atomic E-state index is 12.6. The molecule has 132 valence electrons. The molecular formula is C16H17N3O6. The highest BCUT2D eigenvalue weighted by atomic mass is 16.7. The van der Waals surface area contributed by atoms with Gasteiger partial charge in [-0.2, -0.15) is 0 Å². The number of hydrogen-bond donors (Lipinski definition) is 2. The first-order valence-electron chi connectivity index (χ1n) is 7.99. The lowest BCUT2D eigenvalue weighted by molar-refractivity contribution is -0.136. The zero-order valence-electron chi connectivity index (χ0n) is 13.4. The van der Waals surface area contributed by atoms with Gasteiger partial charge < -0.3 is 24.8 Å². The third kappa shape index (κ3) is 2.76. The van der Waals surface area contributed by atoms with E-state index >= 15 is 0 Å². The van der Waals surface area contributed by atoms with E-state index in [1.54, 1.807) is 18.2 Å². The number of amides is 4. The quantitative estimate of drug-likeness (QED) is 0.769. The second-order valence-electron chi connectivity index (χ2n) is 6.13. The summed E-state index contributed by atoms with van der Waals surface area (Å²) >= 11 is 0. The van der Waals surface area contributed by atoms with E-state index in [0.717, 1.165) is 4.90 Å². The zero-order valence-corrected chi connectivity index (χ0v) is 13.4. The summed E-state index contributed by atoms with van der Waals surface area (Å²) in [6.07, 6.45) is 0.829. The Kier molecular flexibility index (Phi) is 3.72. The fraction of sp³-hybridized carbons (Fsp3) is 0.438. The summed E-state index contributed by atoms with van der Waals surface area (Å²) in [5.41, 5.74) is -0.434. The average molecular weight is 347 g/mol. The highest BCUT2D eigenvalue weighted by Gasteiger charge is 2.52. The van der Waals surface area contributed by atoms with Crippen LogP contribution in [0.4, 0.5) is 10.5 Å². The first-order valence-corrected chi connectivity index (χ1v) is 7.99. The van der Waals surface area contributed by atoms with Gasteiger partial charge in [-0.15, -0.1) is 0 Å². The van der Waals surface area contributed by atoms with Gasteiger partial charge >= 0.3 is 6.03 Å². The minimum Gasteiger partial charge on any atom is -0.454 e. The maximum atomic E-state index is 12.6. The number of nitrogens with one attached hydrogen (secondary N) is 2. The molecule has 1 aromatic rings. The Hall–Kier alpha value is -2.81. The smallest absolute Gasteiger partial charge is 0.325 e. The van der Waals surface area contributed by atoms with Gasteiger partial charge in [-0.25, -0.2) is 4.79 Å². The van der Waals surface area contributed by atoms with E-state index in [-0.39, 0.29) is 19.2 Å². The number of carbonyl (C=O) groups excluding carboxylic acids is 3. The fourth-order valence-electron chi connectivity index (χ4n) is 3.20. The van der Waals surface area contributed by atoms with E-state index in [0.29, 0.717) is 43.2 Å². The van der Waals surface area contributed by atoms with Gasteiger partial charge in [-0.3, -0.25) is 14.5 Å². The lowest BCUT2D eigenvalue weighted by atomic mass is 9.90. The lowest BCUT2D eigenvalue weighted by Crippen LogP contribution is -2.51. The van der Waals surface area contributed by atoms with Gasteiger partial charge in [0.15, 0.2) is 11.5 Å². The third-order valence-electron chi connectivity index (χ3n) is 4.55. The molecule has 2 saturated heterocycles. The van der Waals surface area contributed by atoms with Crippen molar-refractivity contribution in [2.45, 2.75) is 18.4 Å². The molecule has 1 aromatic carbocycles. The maximum Gasteiger partial charge on any atom is 0.325 e. The van der Waals surface area contributed by atoms with Crippen LogP contribution in [0.5, 0.6) is 11.5 Å². The van der Waals surface area contributed by atoms with Gasteiger partial charge in [0.2, 0.25) is 12.7 Å². The van der Waals surface area contributed by atoms with Gasteiger partial charge in [-0.1, -0.05) is 0 Å². The minimum atomic E-state index is -0.936. The number of carbonyl (C=O) groups is 3. The summed E-state index contributed by atoms with van der Waals surface area (Å²) in [6.45, 7) is 0.606. The molecule has 3 aliphatic rings. The molecule has 3 heterocycles. The Bertz CT molecular complexity index is 743. The molecule has 2 fully saturated rings. The number of benzene rings is 1. The summed E-state index contributed by atoms with van der Waals surface area (Å²) in [4.78, 5) is 37.9. The SMILES string of the molecule is O=C(CN1C(=O)NC2(CCOCC2)C1=O)Nc1ccc2c(c1)OCO2. The van der Waals surface area contributed by atoms with Gasteiger partial charge in [0.25, 0.3) is 5.91 Å². The molecule has 3 aliphatic heterocycles. The van der Waals surface area contributed by atoms with Crippen molar-refractivity contribution in [2.75, 3.05) is 31.9 Å². The fourth-order valence-corrected chi connectivity index (χ4v) is 3.20. The first-order chi connectivity index (χ1) is 12.1. The van der Waals surface area contributed by atoms with Gasteiger partial charge in [0.05, 0.1) is 0 Å². The molecule has 9 heteroatoms. The predicted octanol–water partition coefficient (Wildman–Crippen LogP) is 0.455. The summed E-state index contributed by atoms with van der Waals surface area (Å²) in [5.74, 6) is 0.301. The summed E-state index contributed by atoms with van der Waals surface area (Å²) < 4.78 is 15.7. The molecule has 0 bridgehead atoms. The van der Waals surface area contributed by atoms with Gasteiger partial charge in [-0.05, 0) is 12.1 Å². The monoisotopic (exact) mass is 347 g/mol. The molecule has 0 aromatic heterocycles. The molecule has 4 rings (SSSR count). The second kappa shape index (κ2) is 5.92. The Morgan fingerprint density at radius 1 is 1.20 bits per heavy atom. The topological polar surface area (TPSA) is 106 Å². The van der Waals surface area contributed by atoms with Crippen LogP contribution in [0.1, 0.15) is 12.8 Å². The normalized spacial score (nSPS) is 20.7. The van der Waals surface area contributed by atoms with Crippen molar-refractivity contribution in [3.63, 3.8) is 0 Å². The number of urea groups is 1. The van der Waals surface area contributed by atoms with E-state index < -0.39 is 17.5 Å². The van der Waals surface area contributed by atoms with Crippen LogP contribution in [0.25, 0.3) is 0 Å². The number of fused-ring (bicyclic) bond motifs is 1. The Labute approximate surface area is 143 Å². The molecule has 0 saturated carbocycles. The van der Waals surface area contributed by atoms with Crippen LogP contribution in [-0.2, 0) is 14.3 Å². The molecule has 2 N–H and O–H groups in total. The molecule has 0 unspecified atom stereocenters. The molecular weight excluding hydrogens is 330 g/mol. The second-order valence-corrected chi connectivity index (χ2v) is 6.13. The summed E-state index contributed by atoms with van der Waals surface area (Å²) in [6, 6.07) is 4.43. The van der Waals surface area contributed by atoms with Crippen LogP contribution < -0.4 is 20.1 Å². The Balaban J connectivity index is 1.42. The van der Waals surface area contributed by atoms with E-state index in [4.69, 9.17) is 14.2 Å². The number of nitrogens with zero attached hydrogens (tertiary/aromatic N) is 1. The molecule has 0 atom stereocenters. The van der Waals surface area contributed by atoms with Crippen LogP contribution >= 0.6 is 0 Å². The molecule has 0 aliphatic carbocycles. The molecule has 0 radical (unpaired) electrons. The summed E-state index contributed by atoms with van der Waals surface area (Å²) in [5, 5.41) is 5.37. The molecule has 4 amide bonds. The van der Waals surface area contributed by atoms with Gasteiger partial charge in [0.1, 0.15) is 12.1 Å². The number of imide groups is 1. The number of anilines is 1. The van der Waals surface area contributed by atoms with Crippen molar-refractivity contribution in [2.24, 2.45) is 0 Å². The van der Waals surface area contributed by atoms with Gasteiger partial charge in [0, 0.05) is 37.8 Å². The zero-order chi connectivity index (χ0) is 17.4. The Morgan fingerprint density at radius 3 is 2.76 bits per heavy atom. The highest BCUT2D eigenvalue weighted by Crippen LogP contribution is 2.34. The van der Waals surface area contributed by atoms with Crippen LogP contribution in [0.15, 0.2) is 18.2 Å². The largest absolute Gasteiger partial charge is 0.454 e. The van der Waals surface area contributed by atoms with Crippen molar-refractivity contribution in [1.29, 1.82) is 0 Å². The lowest BCUT2D eigenvalue weighted by Gasteiger charge is -2.30. The van der Waals surface area contributed by atoms with Crippen LogP contribution in [-0.4, -0.2) is 54.8 Å². The predicted molar refractivity (Wildman–Crippen MR) is 84.2 cm³/mol. The Morgan fingerprint density at radius 2 is 1.96 bits per heavy atom. The minimum absolute atomic E-state index is 0.140. The van der Waals surface area contributed by atoms with Crippen molar-refractivity contribution < 1.29 is 28.6 Å². The van der Waals surface area contributed by atoms with E-state index in [1.165, 1.54) is 0 Å². The standard InChI is InChI=1S/C16H17N3O6/c20-13(17-10-1-2-11-12(7-10)25-9-24-11)8-19-14(21)16(18-15(19)22)3-5-23-6-4-16/h1-2,7H,3-6,8-9H2,(H,17,20)(H,18,22). The van der Waals surface area contributed by atoms with Crippen molar-refractivity contribution in [3.05, 3.63) is 18.2 Å². The van der Waals surface area contributed by atoms with Crippen molar-refractivity contribution in [1.82, 2.24) is 10.2 Å². The third-order valence-corrected chi connectivity index (χ3v) is 4.55. The van der Waals surface area contributed by atoms with Crippen LogP contribution in [0, 0.1) is 0 Å². The van der Waals surface area contributed by atoms with Crippen molar-refractivity contribution in [3.8, 4) is 11.5 Å². The van der Waals surface area contributed by atoms with Crippen LogP contribution in [0.3, 0.4) is 0 Å². The van der Waals surface area contributed by atoms with E-state index in [1.807, 2.05) is 0 Å². The number of ether oxygens (including phenoxy) is 3.